The van der Waals surface area contributed by atoms with Gasteiger partial charge >= 0.3 is 0 Å². The number of likely N-dealkylation sites (tertiary alicyclic amines) is 1. The summed E-state index contributed by atoms with van der Waals surface area (Å²) in [6.07, 6.45) is 3.67. The molecule has 0 saturated carbocycles. The van der Waals surface area contributed by atoms with Crippen LogP contribution in [0.4, 0.5) is 16.5 Å². The van der Waals surface area contributed by atoms with Gasteiger partial charge in [0.15, 0.2) is 10.2 Å². The van der Waals surface area contributed by atoms with E-state index < -0.39 is 0 Å². The number of nitrogens with zero attached hydrogens (tertiary/aromatic N) is 4. The number of amides is 1. The summed E-state index contributed by atoms with van der Waals surface area (Å²) >= 11 is 8.65. The molecular formula is C22H26N6OS3. The van der Waals surface area contributed by atoms with Crippen LogP contribution in [0.15, 0.2) is 35.8 Å². The Morgan fingerprint density at radius 3 is 2.53 bits per heavy atom. The van der Waals surface area contributed by atoms with E-state index in [1.807, 2.05) is 38.5 Å². The molecule has 3 heterocycles. The summed E-state index contributed by atoms with van der Waals surface area (Å²) in [5.41, 5.74) is 2.60. The van der Waals surface area contributed by atoms with Crippen molar-refractivity contribution in [3.05, 3.63) is 51.4 Å². The van der Waals surface area contributed by atoms with Crippen LogP contribution >= 0.6 is 34.9 Å². The van der Waals surface area contributed by atoms with Crippen LogP contribution in [0.1, 0.15) is 39.1 Å². The molecule has 0 aliphatic carbocycles. The predicted octanol–water partition coefficient (Wildman–Crippen LogP) is 4.80. The molecule has 1 aliphatic heterocycles. The summed E-state index contributed by atoms with van der Waals surface area (Å²) in [7, 11) is 4.05. The van der Waals surface area contributed by atoms with E-state index in [1.54, 1.807) is 17.5 Å². The van der Waals surface area contributed by atoms with Gasteiger partial charge in [0.2, 0.25) is 0 Å². The molecule has 4 rings (SSSR count). The molecule has 3 aromatic rings. The lowest BCUT2D eigenvalue weighted by Crippen LogP contribution is -2.40. The van der Waals surface area contributed by atoms with Crippen molar-refractivity contribution in [3.8, 4) is 0 Å². The SMILES string of the molecule is Cc1cnc(NC(=O)c2csc(C3CCN(C(=S)Nc4ccc(N(C)C)cc4)CC3)n2)s1. The van der Waals surface area contributed by atoms with Gasteiger partial charge in [-0.05, 0) is 56.2 Å². The highest BCUT2D eigenvalue weighted by Crippen LogP contribution is 2.31. The van der Waals surface area contributed by atoms with E-state index in [1.165, 1.54) is 11.3 Å². The van der Waals surface area contributed by atoms with Crippen LogP contribution < -0.4 is 15.5 Å². The Kier molecular flexibility index (Phi) is 7.02. The Hall–Kier alpha value is -2.56. The molecule has 0 atom stereocenters. The van der Waals surface area contributed by atoms with Crippen molar-refractivity contribution in [1.82, 2.24) is 14.9 Å². The number of rotatable bonds is 5. The zero-order valence-corrected chi connectivity index (χ0v) is 20.7. The number of nitrogens with one attached hydrogen (secondary N) is 2. The molecule has 7 nitrogen and oxygen atoms in total. The minimum atomic E-state index is -0.204. The molecule has 1 fully saturated rings. The summed E-state index contributed by atoms with van der Waals surface area (Å²) in [4.78, 5) is 26.6. The summed E-state index contributed by atoms with van der Waals surface area (Å²) in [6, 6.07) is 8.24. The standard InChI is InChI=1S/C22H26N6OS3/c1-14-12-23-21(32-14)26-19(29)18-13-31-20(25-18)15-8-10-28(11-9-15)22(30)24-16-4-6-17(7-5-16)27(2)3/h4-7,12-13,15H,8-11H2,1-3H3,(H,24,30)(H,23,26,29). The second-order valence-electron chi connectivity index (χ2n) is 7.93. The average molecular weight is 487 g/mol. The van der Waals surface area contributed by atoms with E-state index in [0.29, 0.717) is 16.7 Å². The minimum Gasteiger partial charge on any atom is -0.378 e. The first-order valence-electron chi connectivity index (χ1n) is 10.4. The van der Waals surface area contributed by atoms with Gasteiger partial charge in [-0.2, -0.15) is 0 Å². The number of carbonyl (C=O) groups is 1. The number of carbonyl (C=O) groups excluding carboxylic acids is 1. The second-order valence-corrected chi connectivity index (χ2v) is 10.4. The molecule has 0 unspecified atom stereocenters. The molecule has 1 saturated heterocycles. The zero-order valence-electron chi connectivity index (χ0n) is 18.3. The van der Waals surface area contributed by atoms with Gasteiger partial charge in [-0.25, -0.2) is 9.97 Å². The highest BCUT2D eigenvalue weighted by molar-refractivity contribution is 7.80. The summed E-state index contributed by atoms with van der Waals surface area (Å²) < 4.78 is 0. The molecule has 168 valence electrons. The van der Waals surface area contributed by atoms with Gasteiger partial charge in [-0.3, -0.25) is 10.1 Å². The topological polar surface area (TPSA) is 73.4 Å². The van der Waals surface area contributed by atoms with E-state index >= 15 is 0 Å². The molecule has 1 aromatic carbocycles. The fraction of sp³-hybridized carbons (Fsp3) is 0.364. The van der Waals surface area contributed by atoms with E-state index in [4.69, 9.17) is 12.2 Å². The Labute approximate surface area is 201 Å². The molecule has 32 heavy (non-hydrogen) atoms. The first kappa shape index (κ1) is 22.6. The summed E-state index contributed by atoms with van der Waals surface area (Å²) in [5.74, 6) is 0.145. The van der Waals surface area contributed by atoms with Crippen LogP contribution in [0.25, 0.3) is 0 Å². The number of thiocarbonyl (C=S) groups is 1. The van der Waals surface area contributed by atoms with Gasteiger partial charge in [0.25, 0.3) is 5.91 Å². The first-order valence-corrected chi connectivity index (χ1v) is 12.5. The van der Waals surface area contributed by atoms with E-state index in [9.17, 15) is 4.79 Å². The van der Waals surface area contributed by atoms with E-state index in [2.05, 4.69) is 42.5 Å². The van der Waals surface area contributed by atoms with Crippen molar-refractivity contribution in [2.75, 3.05) is 42.7 Å². The number of piperidine rings is 1. The van der Waals surface area contributed by atoms with E-state index in [0.717, 1.165) is 52.3 Å². The molecule has 2 N–H and O–H groups in total. The molecule has 1 amide bonds. The third-order valence-corrected chi connectivity index (χ3v) is 7.56. The largest absolute Gasteiger partial charge is 0.378 e. The number of hydrogen-bond acceptors (Lipinski definition) is 7. The van der Waals surface area contributed by atoms with Crippen molar-refractivity contribution >= 4 is 62.4 Å². The normalized spacial score (nSPS) is 14.3. The molecular weight excluding hydrogens is 460 g/mol. The first-order chi connectivity index (χ1) is 15.4. The smallest absolute Gasteiger partial charge is 0.276 e. The van der Waals surface area contributed by atoms with Crippen LogP contribution in [-0.4, -0.2) is 53.1 Å². The predicted molar refractivity (Wildman–Crippen MR) is 137 cm³/mol. The van der Waals surface area contributed by atoms with Crippen LogP contribution in [-0.2, 0) is 0 Å². The van der Waals surface area contributed by atoms with Crippen molar-refractivity contribution in [2.45, 2.75) is 25.7 Å². The number of benzene rings is 1. The van der Waals surface area contributed by atoms with Gasteiger partial charge in [-0.15, -0.1) is 22.7 Å². The van der Waals surface area contributed by atoms with Gasteiger partial charge in [0.05, 0.1) is 5.01 Å². The Bertz CT molecular complexity index is 1080. The lowest BCUT2D eigenvalue weighted by molar-refractivity contribution is 0.102. The molecule has 1 aliphatic rings. The van der Waals surface area contributed by atoms with Crippen LogP contribution in [0.5, 0.6) is 0 Å². The maximum Gasteiger partial charge on any atom is 0.276 e. The molecule has 10 heteroatoms. The van der Waals surface area contributed by atoms with Gasteiger partial charge in [0, 0.05) is 60.9 Å². The lowest BCUT2D eigenvalue weighted by Gasteiger charge is -2.33. The number of aryl methyl sites for hydroxylation is 1. The van der Waals surface area contributed by atoms with Crippen LogP contribution in [0.2, 0.25) is 0 Å². The number of anilines is 3. The second kappa shape index (κ2) is 9.93. The molecule has 0 spiro atoms. The van der Waals surface area contributed by atoms with Gasteiger partial charge in [0.1, 0.15) is 5.69 Å². The summed E-state index contributed by atoms with van der Waals surface area (Å²) in [6.45, 7) is 3.69. The number of hydrogen-bond donors (Lipinski definition) is 2. The van der Waals surface area contributed by atoms with Gasteiger partial charge < -0.3 is 15.1 Å². The zero-order chi connectivity index (χ0) is 22.7. The third kappa shape index (κ3) is 5.43. The lowest BCUT2D eigenvalue weighted by atomic mass is 9.98. The van der Waals surface area contributed by atoms with Crippen molar-refractivity contribution in [2.24, 2.45) is 0 Å². The highest BCUT2D eigenvalue weighted by atomic mass is 32.1. The monoisotopic (exact) mass is 486 g/mol. The fourth-order valence-electron chi connectivity index (χ4n) is 3.53. The van der Waals surface area contributed by atoms with E-state index in [-0.39, 0.29) is 5.91 Å². The van der Waals surface area contributed by atoms with Crippen LogP contribution in [0.3, 0.4) is 0 Å². The van der Waals surface area contributed by atoms with Crippen molar-refractivity contribution in [1.29, 1.82) is 0 Å². The Balaban J connectivity index is 1.29. The fourth-order valence-corrected chi connectivity index (χ4v) is 5.46. The molecule has 2 aromatic heterocycles. The average Bonchev–Trinajstić information content (AvgIpc) is 3.43. The molecule has 0 bridgehead atoms. The minimum absolute atomic E-state index is 0.204. The number of thiazole rings is 2. The van der Waals surface area contributed by atoms with Crippen LogP contribution in [0, 0.1) is 6.92 Å². The molecule has 0 radical (unpaired) electrons. The van der Waals surface area contributed by atoms with Crippen molar-refractivity contribution < 1.29 is 4.79 Å². The highest BCUT2D eigenvalue weighted by Gasteiger charge is 2.25. The quantitative estimate of drug-likeness (QED) is 0.502. The van der Waals surface area contributed by atoms with Gasteiger partial charge in [-0.1, -0.05) is 0 Å². The third-order valence-electron chi connectivity index (χ3n) is 5.36. The summed E-state index contributed by atoms with van der Waals surface area (Å²) in [5, 5.41) is 10.4. The maximum atomic E-state index is 12.5. The number of aromatic nitrogens is 2. The Morgan fingerprint density at radius 2 is 1.91 bits per heavy atom. The maximum absolute atomic E-state index is 12.5. The van der Waals surface area contributed by atoms with Crippen molar-refractivity contribution in [3.63, 3.8) is 0 Å². The Morgan fingerprint density at radius 1 is 1.19 bits per heavy atom.